The van der Waals surface area contributed by atoms with Crippen molar-refractivity contribution in [3.63, 3.8) is 0 Å². The van der Waals surface area contributed by atoms with Gasteiger partial charge < -0.3 is 9.80 Å². The molecule has 5 nitrogen and oxygen atoms in total. The number of hydrogen-bond donors (Lipinski definition) is 0. The standard InChI is InChI=1S/C18H28N4O/c1-2-18(23)22-9-5-6-16(15-22)14-20-10-12-21(13-11-20)17-7-3-4-8-19-17/h3-4,7-8,16H,2,5-6,9-15H2,1H3/t16-/m1/s1. The molecule has 0 spiro atoms. The Kier molecular flexibility index (Phi) is 5.49. The molecule has 2 aliphatic rings. The van der Waals surface area contributed by atoms with E-state index in [0.717, 1.165) is 58.1 Å². The summed E-state index contributed by atoms with van der Waals surface area (Å²) < 4.78 is 0. The fourth-order valence-corrected chi connectivity index (χ4v) is 3.73. The zero-order valence-corrected chi connectivity index (χ0v) is 14.2. The van der Waals surface area contributed by atoms with E-state index >= 15 is 0 Å². The smallest absolute Gasteiger partial charge is 0.222 e. The topological polar surface area (TPSA) is 39.7 Å². The Labute approximate surface area is 139 Å². The molecule has 0 aromatic carbocycles. The Morgan fingerprint density at radius 2 is 2.04 bits per heavy atom. The minimum absolute atomic E-state index is 0.315. The zero-order chi connectivity index (χ0) is 16.1. The lowest BCUT2D eigenvalue weighted by Crippen LogP contribution is -2.50. The van der Waals surface area contributed by atoms with Gasteiger partial charge in [0.25, 0.3) is 0 Å². The van der Waals surface area contributed by atoms with Crippen LogP contribution in [0, 0.1) is 5.92 Å². The number of carbonyl (C=O) groups excluding carboxylic acids is 1. The van der Waals surface area contributed by atoms with Crippen LogP contribution in [0.3, 0.4) is 0 Å². The van der Waals surface area contributed by atoms with Crippen molar-refractivity contribution in [2.24, 2.45) is 5.92 Å². The van der Waals surface area contributed by atoms with E-state index in [1.807, 2.05) is 19.2 Å². The van der Waals surface area contributed by atoms with Gasteiger partial charge in [0.2, 0.25) is 5.91 Å². The second-order valence-electron chi connectivity index (χ2n) is 6.68. The monoisotopic (exact) mass is 316 g/mol. The summed E-state index contributed by atoms with van der Waals surface area (Å²) >= 11 is 0. The highest BCUT2D eigenvalue weighted by Gasteiger charge is 2.26. The lowest BCUT2D eigenvalue weighted by atomic mass is 9.97. The summed E-state index contributed by atoms with van der Waals surface area (Å²) in [6.07, 6.45) is 4.91. The summed E-state index contributed by atoms with van der Waals surface area (Å²) in [6, 6.07) is 6.10. The van der Waals surface area contributed by atoms with Crippen molar-refractivity contribution in [1.82, 2.24) is 14.8 Å². The minimum atomic E-state index is 0.315. The first kappa shape index (κ1) is 16.2. The Bertz CT molecular complexity index is 499. The van der Waals surface area contributed by atoms with Crippen LogP contribution in [0.15, 0.2) is 24.4 Å². The van der Waals surface area contributed by atoms with E-state index < -0.39 is 0 Å². The Balaban J connectivity index is 1.46. The molecule has 2 fully saturated rings. The van der Waals surface area contributed by atoms with Crippen LogP contribution in [0.25, 0.3) is 0 Å². The molecule has 1 atom stereocenters. The second-order valence-corrected chi connectivity index (χ2v) is 6.68. The molecule has 5 heteroatoms. The molecule has 0 N–H and O–H groups in total. The van der Waals surface area contributed by atoms with Crippen LogP contribution < -0.4 is 4.90 Å². The molecule has 0 aliphatic carbocycles. The number of aromatic nitrogens is 1. The second kappa shape index (κ2) is 7.77. The Morgan fingerprint density at radius 3 is 2.74 bits per heavy atom. The fraction of sp³-hybridized carbons (Fsp3) is 0.667. The zero-order valence-electron chi connectivity index (χ0n) is 14.2. The van der Waals surface area contributed by atoms with E-state index in [4.69, 9.17) is 0 Å². The molecule has 126 valence electrons. The Hall–Kier alpha value is -1.62. The number of carbonyl (C=O) groups is 1. The average Bonchev–Trinajstić information content (AvgIpc) is 2.62. The number of rotatable bonds is 4. The molecular formula is C18H28N4O. The highest BCUT2D eigenvalue weighted by Crippen LogP contribution is 2.20. The van der Waals surface area contributed by atoms with Crippen molar-refractivity contribution >= 4 is 11.7 Å². The molecule has 2 saturated heterocycles. The number of hydrogen-bond acceptors (Lipinski definition) is 4. The summed E-state index contributed by atoms with van der Waals surface area (Å²) in [5, 5.41) is 0. The predicted octanol–water partition coefficient (Wildman–Crippen LogP) is 1.85. The van der Waals surface area contributed by atoms with Crippen molar-refractivity contribution in [3.05, 3.63) is 24.4 Å². The molecule has 1 amide bonds. The van der Waals surface area contributed by atoms with Crippen molar-refractivity contribution in [1.29, 1.82) is 0 Å². The molecule has 3 rings (SSSR count). The maximum atomic E-state index is 11.9. The van der Waals surface area contributed by atoms with Gasteiger partial charge in [0.15, 0.2) is 0 Å². The van der Waals surface area contributed by atoms with E-state index in [1.165, 1.54) is 6.42 Å². The van der Waals surface area contributed by atoms with E-state index in [1.54, 1.807) is 0 Å². The number of piperidine rings is 1. The third-order valence-corrected chi connectivity index (χ3v) is 5.04. The molecule has 0 radical (unpaired) electrons. The molecular weight excluding hydrogens is 288 g/mol. The summed E-state index contributed by atoms with van der Waals surface area (Å²) in [7, 11) is 0. The van der Waals surface area contributed by atoms with E-state index in [-0.39, 0.29) is 0 Å². The fourth-order valence-electron chi connectivity index (χ4n) is 3.73. The number of anilines is 1. The third kappa shape index (κ3) is 4.22. The van der Waals surface area contributed by atoms with Crippen LogP contribution in [-0.2, 0) is 4.79 Å². The van der Waals surface area contributed by atoms with Crippen molar-refractivity contribution in [2.45, 2.75) is 26.2 Å². The van der Waals surface area contributed by atoms with Crippen LogP contribution in [0.5, 0.6) is 0 Å². The van der Waals surface area contributed by atoms with E-state index in [0.29, 0.717) is 18.2 Å². The molecule has 1 aromatic heterocycles. The SMILES string of the molecule is CCC(=O)N1CCC[C@H](CN2CCN(c3ccccn3)CC2)C1. The van der Waals surface area contributed by atoms with Crippen LogP contribution in [0.1, 0.15) is 26.2 Å². The lowest BCUT2D eigenvalue weighted by molar-refractivity contribution is -0.132. The van der Waals surface area contributed by atoms with Gasteiger partial charge in [-0.05, 0) is 30.9 Å². The lowest BCUT2D eigenvalue weighted by Gasteiger charge is -2.39. The van der Waals surface area contributed by atoms with Gasteiger partial charge in [-0.1, -0.05) is 13.0 Å². The van der Waals surface area contributed by atoms with Crippen LogP contribution in [-0.4, -0.2) is 66.5 Å². The van der Waals surface area contributed by atoms with Gasteiger partial charge in [-0.2, -0.15) is 0 Å². The quantitative estimate of drug-likeness (QED) is 0.850. The number of amides is 1. The third-order valence-electron chi connectivity index (χ3n) is 5.04. The summed E-state index contributed by atoms with van der Waals surface area (Å²) in [5.74, 6) is 2.04. The maximum Gasteiger partial charge on any atom is 0.222 e. The van der Waals surface area contributed by atoms with Crippen molar-refractivity contribution in [3.8, 4) is 0 Å². The first-order valence-corrected chi connectivity index (χ1v) is 8.92. The van der Waals surface area contributed by atoms with Crippen molar-refractivity contribution in [2.75, 3.05) is 50.7 Å². The molecule has 2 aliphatic heterocycles. The number of nitrogens with zero attached hydrogens (tertiary/aromatic N) is 4. The highest BCUT2D eigenvalue weighted by molar-refractivity contribution is 5.75. The molecule has 0 saturated carbocycles. The van der Waals surface area contributed by atoms with Gasteiger partial charge in [-0.15, -0.1) is 0 Å². The molecule has 0 unspecified atom stereocenters. The van der Waals surface area contributed by atoms with E-state index in [9.17, 15) is 4.79 Å². The van der Waals surface area contributed by atoms with Crippen LogP contribution in [0.4, 0.5) is 5.82 Å². The van der Waals surface area contributed by atoms with E-state index in [2.05, 4.69) is 31.8 Å². The minimum Gasteiger partial charge on any atom is -0.354 e. The number of likely N-dealkylation sites (tertiary alicyclic amines) is 1. The molecule has 3 heterocycles. The van der Waals surface area contributed by atoms with Gasteiger partial charge in [-0.3, -0.25) is 9.69 Å². The average molecular weight is 316 g/mol. The number of piperazine rings is 1. The highest BCUT2D eigenvalue weighted by atomic mass is 16.2. The Morgan fingerprint density at radius 1 is 1.22 bits per heavy atom. The van der Waals surface area contributed by atoms with Gasteiger partial charge >= 0.3 is 0 Å². The van der Waals surface area contributed by atoms with Gasteiger partial charge in [0.05, 0.1) is 0 Å². The summed E-state index contributed by atoms with van der Waals surface area (Å²) in [4.78, 5) is 23.3. The van der Waals surface area contributed by atoms with Crippen LogP contribution in [0.2, 0.25) is 0 Å². The van der Waals surface area contributed by atoms with Crippen LogP contribution >= 0.6 is 0 Å². The molecule has 23 heavy (non-hydrogen) atoms. The van der Waals surface area contributed by atoms with Gasteiger partial charge in [0.1, 0.15) is 5.82 Å². The maximum absolute atomic E-state index is 11.9. The number of pyridine rings is 1. The first-order chi connectivity index (χ1) is 11.3. The predicted molar refractivity (Wildman–Crippen MR) is 92.5 cm³/mol. The van der Waals surface area contributed by atoms with Crippen molar-refractivity contribution < 1.29 is 4.79 Å². The normalized spacial score (nSPS) is 23.1. The molecule has 1 aromatic rings. The summed E-state index contributed by atoms with van der Waals surface area (Å²) in [5.41, 5.74) is 0. The van der Waals surface area contributed by atoms with Gasteiger partial charge in [0, 0.05) is 58.4 Å². The largest absolute Gasteiger partial charge is 0.354 e. The molecule has 0 bridgehead atoms. The van der Waals surface area contributed by atoms with Gasteiger partial charge in [-0.25, -0.2) is 4.98 Å². The first-order valence-electron chi connectivity index (χ1n) is 8.92. The summed E-state index contributed by atoms with van der Waals surface area (Å²) in [6.45, 7) is 9.27.